The molecular formula is C12H8N2O5. The van der Waals surface area contributed by atoms with Gasteiger partial charge in [-0.2, -0.15) is 0 Å². The molecule has 0 bridgehead atoms. The minimum absolute atomic E-state index is 0.0248. The Bertz CT molecular complexity index is 586. The number of benzene rings is 1. The van der Waals surface area contributed by atoms with E-state index in [2.05, 4.69) is 4.98 Å². The number of aromatic carboxylic acids is 1. The molecule has 1 heterocycles. The first-order valence-electron chi connectivity index (χ1n) is 5.18. The summed E-state index contributed by atoms with van der Waals surface area (Å²) in [7, 11) is 0. The molecule has 2 rings (SSSR count). The smallest absolute Gasteiger partial charge is 0.335 e. The standard InChI is InChI=1S/C12H8N2O5/c15-12(16)8-2-1-3-10(6-8)19-11-7-9(14(17)18)4-5-13-11/h1-7H,(H,15,16). The molecule has 1 aromatic heterocycles. The van der Waals surface area contributed by atoms with E-state index in [1.54, 1.807) is 0 Å². The van der Waals surface area contributed by atoms with Crippen LogP contribution in [-0.2, 0) is 0 Å². The number of carbonyl (C=O) groups is 1. The third-order valence-electron chi connectivity index (χ3n) is 2.23. The maximum absolute atomic E-state index is 10.8. The molecule has 0 unspecified atom stereocenters. The molecule has 1 N–H and O–H groups in total. The molecule has 0 saturated heterocycles. The van der Waals surface area contributed by atoms with Gasteiger partial charge in [-0.15, -0.1) is 0 Å². The zero-order chi connectivity index (χ0) is 13.8. The van der Waals surface area contributed by atoms with E-state index in [4.69, 9.17) is 9.84 Å². The van der Waals surface area contributed by atoms with E-state index in [-0.39, 0.29) is 22.9 Å². The Kier molecular flexibility index (Phi) is 3.37. The van der Waals surface area contributed by atoms with E-state index in [0.717, 1.165) is 6.07 Å². The second-order valence-electron chi connectivity index (χ2n) is 3.54. The zero-order valence-electron chi connectivity index (χ0n) is 9.52. The molecule has 96 valence electrons. The van der Waals surface area contributed by atoms with E-state index in [0.29, 0.717) is 0 Å². The van der Waals surface area contributed by atoms with Gasteiger partial charge in [0, 0.05) is 12.3 Å². The van der Waals surface area contributed by atoms with Crippen LogP contribution in [0, 0.1) is 10.1 Å². The normalized spacial score (nSPS) is 9.89. The number of carboxylic acid groups (broad SMARTS) is 1. The summed E-state index contributed by atoms with van der Waals surface area (Å²) in [6, 6.07) is 8.16. The summed E-state index contributed by atoms with van der Waals surface area (Å²) in [6.07, 6.45) is 1.24. The summed E-state index contributed by atoms with van der Waals surface area (Å²) >= 11 is 0. The van der Waals surface area contributed by atoms with E-state index in [1.165, 1.54) is 36.5 Å². The molecule has 0 spiro atoms. The molecule has 19 heavy (non-hydrogen) atoms. The van der Waals surface area contributed by atoms with Gasteiger partial charge in [-0.3, -0.25) is 10.1 Å². The first-order chi connectivity index (χ1) is 9.06. The summed E-state index contributed by atoms with van der Waals surface area (Å²) in [4.78, 5) is 24.6. The number of aromatic nitrogens is 1. The number of ether oxygens (including phenoxy) is 1. The predicted molar refractivity (Wildman–Crippen MR) is 64.4 cm³/mol. The number of nitro groups is 1. The van der Waals surface area contributed by atoms with Crippen molar-refractivity contribution in [3.8, 4) is 11.6 Å². The van der Waals surface area contributed by atoms with Gasteiger partial charge in [0.1, 0.15) is 5.75 Å². The van der Waals surface area contributed by atoms with Crippen molar-refractivity contribution in [3.05, 3.63) is 58.3 Å². The largest absolute Gasteiger partial charge is 0.478 e. The summed E-state index contributed by atoms with van der Waals surface area (Å²) in [5.41, 5.74) is -0.0951. The van der Waals surface area contributed by atoms with Crippen LogP contribution in [0.15, 0.2) is 42.6 Å². The van der Waals surface area contributed by atoms with Crippen LogP contribution in [0.4, 0.5) is 5.69 Å². The van der Waals surface area contributed by atoms with Gasteiger partial charge in [0.15, 0.2) is 0 Å². The van der Waals surface area contributed by atoms with Gasteiger partial charge < -0.3 is 9.84 Å². The summed E-state index contributed by atoms with van der Waals surface area (Å²) in [5.74, 6) is -0.818. The number of hydrogen-bond donors (Lipinski definition) is 1. The lowest BCUT2D eigenvalue weighted by Crippen LogP contribution is -1.97. The van der Waals surface area contributed by atoms with Crippen molar-refractivity contribution in [1.29, 1.82) is 0 Å². The van der Waals surface area contributed by atoms with Gasteiger partial charge in [-0.1, -0.05) is 6.07 Å². The lowest BCUT2D eigenvalue weighted by Gasteiger charge is -2.04. The molecule has 0 radical (unpaired) electrons. The van der Waals surface area contributed by atoms with Gasteiger partial charge >= 0.3 is 5.97 Å². The van der Waals surface area contributed by atoms with Crippen molar-refractivity contribution < 1.29 is 19.6 Å². The van der Waals surface area contributed by atoms with Crippen LogP contribution >= 0.6 is 0 Å². The average molecular weight is 260 g/mol. The highest BCUT2D eigenvalue weighted by molar-refractivity contribution is 5.88. The van der Waals surface area contributed by atoms with E-state index >= 15 is 0 Å². The molecule has 0 saturated carbocycles. The van der Waals surface area contributed by atoms with E-state index in [9.17, 15) is 14.9 Å². The molecule has 0 atom stereocenters. The van der Waals surface area contributed by atoms with E-state index in [1.807, 2.05) is 0 Å². The van der Waals surface area contributed by atoms with E-state index < -0.39 is 10.9 Å². The Labute approximate surface area is 107 Å². The van der Waals surface area contributed by atoms with Gasteiger partial charge in [0.25, 0.3) is 5.69 Å². The molecular weight excluding hydrogens is 252 g/mol. The van der Waals surface area contributed by atoms with Gasteiger partial charge in [-0.25, -0.2) is 9.78 Å². The summed E-state index contributed by atoms with van der Waals surface area (Å²) < 4.78 is 5.28. The highest BCUT2D eigenvalue weighted by Gasteiger charge is 2.09. The van der Waals surface area contributed by atoms with Crippen LogP contribution in [0.25, 0.3) is 0 Å². The second-order valence-corrected chi connectivity index (χ2v) is 3.54. The maximum Gasteiger partial charge on any atom is 0.335 e. The van der Waals surface area contributed by atoms with Crippen molar-refractivity contribution in [2.45, 2.75) is 0 Å². The Morgan fingerprint density at radius 3 is 2.79 bits per heavy atom. The van der Waals surface area contributed by atoms with Gasteiger partial charge in [0.05, 0.1) is 16.6 Å². The third-order valence-corrected chi connectivity index (χ3v) is 2.23. The van der Waals surface area contributed by atoms with Crippen LogP contribution in [0.2, 0.25) is 0 Å². The highest BCUT2D eigenvalue weighted by Crippen LogP contribution is 2.23. The van der Waals surface area contributed by atoms with Crippen LogP contribution in [0.1, 0.15) is 10.4 Å². The van der Waals surface area contributed by atoms with Crippen molar-refractivity contribution in [3.63, 3.8) is 0 Å². The SMILES string of the molecule is O=C(O)c1cccc(Oc2cc([N+](=O)[O-])ccn2)c1. The summed E-state index contributed by atoms with van der Waals surface area (Å²) in [6.45, 7) is 0. The Morgan fingerprint density at radius 2 is 2.11 bits per heavy atom. The molecule has 0 aliphatic rings. The first kappa shape index (κ1) is 12.5. The number of pyridine rings is 1. The lowest BCUT2D eigenvalue weighted by molar-refractivity contribution is -0.385. The predicted octanol–water partition coefficient (Wildman–Crippen LogP) is 2.48. The minimum atomic E-state index is -1.09. The topological polar surface area (TPSA) is 103 Å². The molecule has 2 aromatic rings. The Balaban J connectivity index is 2.26. The van der Waals surface area contributed by atoms with Gasteiger partial charge in [0.2, 0.25) is 5.88 Å². The fraction of sp³-hybridized carbons (Fsp3) is 0. The molecule has 0 fully saturated rings. The lowest BCUT2D eigenvalue weighted by atomic mass is 10.2. The maximum atomic E-state index is 10.8. The number of hydrogen-bond acceptors (Lipinski definition) is 5. The molecule has 0 amide bonds. The molecule has 0 aliphatic heterocycles. The number of carboxylic acids is 1. The quantitative estimate of drug-likeness (QED) is 0.669. The summed E-state index contributed by atoms with van der Waals surface area (Å²) in [5, 5.41) is 19.4. The first-order valence-corrected chi connectivity index (χ1v) is 5.18. The molecule has 0 aliphatic carbocycles. The fourth-order valence-electron chi connectivity index (χ4n) is 1.38. The van der Waals surface area contributed by atoms with Crippen molar-refractivity contribution >= 4 is 11.7 Å². The number of nitrogens with zero attached hydrogens (tertiary/aromatic N) is 2. The fourth-order valence-corrected chi connectivity index (χ4v) is 1.38. The van der Waals surface area contributed by atoms with Crippen molar-refractivity contribution in [2.24, 2.45) is 0 Å². The molecule has 7 nitrogen and oxygen atoms in total. The average Bonchev–Trinajstić information content (AvgIpc) is 2.39. The Morgan fingerprint density at radius 1 is 1.32 bits per heavy atom. The Hall–Kier alpha value is -2.96. The second kappa shape index (κ2) is 5.13. The minimum Gasteiger partial charge on any atom is -0.478 e. The zero-order valence-corrected chi connectivity index (χ0v) is 9.52. The van der Waals surface area contributed by atoms with Crippen LogP contribution in [0.3, 0.4) is 0 Å². The van der Waals surface area contributed by atoms with Crippen molar-refractivity contribution in [1.82, 2.24) is 4.98 Å². The highest BCUT2D eigenvalue weighted by atomic mass is 16.6. The molecule has 7 heteroatoms. The molecule has 1 aromatic carbocycles. The van der Waals surface area contributed by atoms with Crippen LogP contribution < -0.4 is 4.74 Å². The van der Waals surface area contributed by atoms with Crippen LogP contribution in [0.5, 0.6) is 11.6 Å². The van der Waals surface area contributed by atoms with Crippen molar-refractivity contribution in [2.75, 3.05) is 0 Å². The van der Waals surface area contributed by atoms with Gasteiger partial charge in [-0.05, 0) is 18.2 Å². The third kappa shape index (κ3) is 3.03. The van der Waals surface area contributed by atoms with Crippen LogP contribution in [-0.4, -0.2) is 21.0 Å². The monoisotopic (exact) mass is 260 g/mol. The number of rotatable bonds is 4.